The molecule has 0 radical (unpaired) electrons. The Morgan fingerprint density at radius 1 is 1.50 bits per heavy atom. The summed E-state index contributed by atoms with van der Waals surface area (Å²) in [6.45, 7) is 3.99. The van der Waals surface area contributed by atoms with E-state index < -0.39 is 0 Å². The van der Waals surface area contributed by atoms with Gasteiger partial charge in [-0.15, -0.1) is 0 Å². The monoisotopic (exact) mass is 137 g/mol. The van der Waals surface area contributed by atoms with Crippen LogP contribution in [0.4, 0.5) is 0 Å². The van der Waals surface area contributed by atoms with Crippen molar-refractivity contribution in [1.82, 2.24) is 0 Å². The molecule has 0 saturated carbocycles. The highest BCUT2D eigenvalue weighted by atomic mass is 16.5. The zero-order valence-electron chi connectivity index (χ0n) is 6.29. The summed E-state index contributed by atoms with van der Waals surface area (Å²) < 4.78 is 0.839. The van der Waals surface area contributed by atoms with Crippen molar-refractivity contribution in [3.63, 3.8) is 0 Å². The Balaban J connectivity index is 2.96. The molecule has 2 nitrogen and oxygen atoms in total. The Morgan fingerprint density at radius 2 is 2.20 bits per heavy atom. The predicted molar refractivity (Wildman–Crippen MR) is 41.8 cm³/mol. The van der Waals surface area contributed by atoms with Gasteiger partial charge in [0.25, 0.3) is 0 Å². The van der Waals surface area contributed by atoms with Crippen molar-refractivity contribution in [1.29, 1.82) is 0 Å². The van der Waals surface area contributed by atoms with Gasteiger partial charge >= 0.3 is 0 Å². The highest BCUT2D eigenvalue weighted by Crippen LogP contribution is 2.08. The minimum absolute atomic E-state index is 0.839. The fourth-order valence-corrected chi connectivity index (χ4v) is 0.838. The van der Waals surface area contributed by atoms with Gasteiger partial charge in [0.2, 0.25) is 0 Å². The zero-order valence-corrected chi connectivity index (χ0v) is 6.29. The van der Waals surface area contributed by atoms with Crippen molar-refractivity contribution >= 4 is 6.21 Å². The smallest absolute Gasteiger partial charge is 0.183 e. The molecule has 2 heteroatoms. The van der Waals surface area contributed by atoms with Gasteiger partial charge in [0.15, 0.2) is 12.4 Å². The molecule has 0 aliphatic carbocycles. The van der Waals surface area contributed by atoms with E-state index in [1.54, 1.807) is 12.4 Å². The van der Waals surface area contributed by atoms with E-state index in [1.165, 1.54) is 5.57 Å². The van der Waals surface area contributed by atoms with Crippen LogP contribution in [0.2, 0.25) is 0 Å². The molecule has 0 atom stereocenters. The fourth-order valence-electron chi connectivity index (χ4n) is 0.838. The van der Waals surface area contributed by atoms with E-state index in [-0.39, 0.29) is 0 Å². The largest absolute Gasteiger partial charge is 0.619 e. The molecule has 1 rings (SSSR count). The Hall–Kier alpha value is -1.05. The van der Waals surface area contributed by atoms with Crippen LogP contribution >= 0.6 is 0 Å². The normalized spacial score (nSPS) is 18.8. The molecule has 0 amide bonds. The van der Waals surface area contributed by atoms with Gasteiger partial charge in [-0.1, -0.05) is 5.57 Å². The lowest BCUT2D eigenvalue weighted by molar-refractivity contribution is -0.372. The summed E-state index contributed by atoms with van der Waals surface area (Å²) in [5, 5.41) is 10.8. The molecule has 1 aliphatic rings. The molecule has 0 saturated heterocycles. The Kier molecular flexibility index (Phi) is 1.90. The molecule has 0 aromatic heterocycles. The number of rotatable bonds is 0. The van der Waals surface area contributed by atoms with Gasteiger partial charge < -0.3 is 5.21 Å². The van der Waals surface area contributed by atoms with Crippen LogP contribution in [0.5, 0.6) is 0 Å². The first-order valence-corrected chi connectivity index (χ1v) is 3.33. The molecule has 54 valence electrons. The summed E-state index contributed by atoms with van der Waals surface area (Å²) in [5.41, 5.74) is 2.33. The summed E-state index contributed by atoms with van der Waals surface area (Å²) in [5.74, 6) is 0. The summed E-state index contributed by atoms with van der Waals surface area (Å²) in [4.78, 5) is 0. The summed E-state index contributed by atoms with van der Waals surface area (Å²) in [6.07, 6.45) is 5.90. The Labute approximate surface area is 60.8 Å². The van der Waals surface area contributed by atoms with Crippen molar-refractivity contribution in [3.8, 4) is 0 Å². The summed E-state index contributed by atoms with van der Waals surface area (Å²) in [6, 6.07) is 0. The molecule has 0 aromatic rings. The standard InChI is InChI=1S/C8H11NO/c1-7-4-3-5-9(10)6-8(7)2/h3,5-6H,4H2,1-2H3. The first-order valence-electron chi connectivity index (χ1n) is 3.33. The lowest BCUT2D eigenvalue weighted by Gasteiger charge is -1.94. The van der Waals surface area contributed by atoms with Crippen molar-refractivity contribution in [2.24, 2.45) is 0 Å². The number of allylic oxidation sites excluding steroid dienone is 3. The van der Waals surface area contributed by atoms with E-state index in [0.29, 0.717) is 0 Å². The van der Waals surface area contributed by atoms with Gasteiger partial charge in [-0.3, -0.25) is 0 Å². The topological polar surface area (TPSA) is 26.1 Å². The fraction of sp³-hybridized carbons (Fsp3) is 0.375. The van der Waals surface area contributed by atoms with Gasteiger partial charge in [0.05, 0.1) is 0 Å². The highest BCUT2D eigenvalue weighted by Gasteiger charge is 1.99. The maximum atomic E-state index is 10.8. The van der Waals surface area contributed by atoms with Crippen molar-refractivity contribution < 1.29 is 4.74 Å². The highest BCUT2D eigenvalue weighted by molar-refractivity contribution is 5.75. The van der Waals surface area contributed by atoms with Gasteiger partial charge in [-0.05, 0) is 26.3 Å². The Morgan fingerprint density at radius 3 is 2.90 bits per heavy atom. The van der Waals surface area contributed by atoms with Crippen molar-refractivity contribution in [2.75, 3.05) is 0 Å². The molecular formula is C8H11NO. The van der Waals surface area contributed by atoms with Gasteiger partial charge in [-0.25, -0.2) is 0 Å². The SMILES string of the molecule is CC1=C(C)CC=C[N+]([O-])=C1. The number of hydrogen-bond donors (Lipinski definition) is 0. The van der Waals surface area contributed by atoms with Gasteiger partial charge in [-0.2, -0.15) is 4.74 Å². The first-order chi connectivity index (χ1) is 4.70. The number of hydroxylamine groups is 1. The second-order valence-electron chi connectivity index (χ2n) is 2.54. The van der Waals surface area contributed by atoms with E-state index >= 15 is 0 Å². The Bertz CT molecular complexity index is 223. The summed E-state index contributed by atoms with van der Waals surface area (Å²) in [7, 11) is 0. The quantitative estimate of drug-likeness (QED) is 0.369. The van der Waals surface area contributed by atoms with E-state index in [2.05, 4.69) is 0 Å². The van der Waals surface area contributed by atoms with Crippen LogP contribution in [0.15, 0.2) is 23.4 Å². The molecule has 1 heterocycles. The van der Waals surface area contributed by atoms with Crippen molar-refractivity contribution in [3.05, 3.63) is 28.6 Å². The molecule has 0 bridgehead atoms. The van der Waals surface area contributed by atoms with E-state index in [1.807, 2.05) is 19.9 Å². The third kappa shape index (κ3) is 1.47. The minimum atomic E-state index is 0.839. The zero-order chi connectivity index (χ0) is 7.56. The maximum absolute atomic E-state index is 10.8. The van der Waals surface area contributed by atoms with Crippen LogP contribution in [-0.2, 0) is 0 Å². The van der Waals surface area contributed by atoms with Gasteiger partial charge in [0.1, 0.15) is 0 Å². The van der Waals surface area contributed by atoms with Crippen LogP contribution in [-0.4, -0.2) is 11.0 Å². The van der Waals surface area contributed by atoms with E-state index in [4.69, 9.17) is 0 Å². The van der Waals surface area contributed by atoms with Crippen LogP contribution in [0, 0.1) is 5.21 Å². The van der Waals surface area contributed by atoms with Crippen LogP contribution in [0.3, 0.4) is 0 Å². The molecule has 0 fully saturated rings. The summed E-state index contributed by atoms with van der Waals surface area (Å²) >= 11 is 0. The van der Waals surface area contributed by atoms with E-state index in [9.17, 15) is 5.21 Å². The molecule has 0 spiro atoms. The van der Waals surface area contributed by atoms with Crippen LogP contribution < -0.4 is 0 Å². The lowest BCUT2D eigenvalue weighted by Crippen LogP contribution is -1.94. The molecular weight excluding hydrogens is 126 g/mol. The van der Waals surface area contributed by atoms with Crippen LogP contribution in [0.1, 0.15) is 20.3 Å². The average molecular weight is 137 g/mol. The molecule has 0 unspecified atom stereocenters. The molecule has 0 N–H and O–H groups in total. The minimum Gasteiger partial charge on any atom is -0.619 e. The third-order valence-corrected chi connectivity index (χ3v) is 1.67. The second-order valence-corrected chi connectivity index (χ2v) is 2.54. The molecule has 10 heavy (non-hydrogen) atoms. The average Bonchev–Trinajstić information content (AvgIpc) is 1.96. The van der Waals surface area contributed by atoms with E-state index in [0.717, 1.165) is 16.7 Å². The molecule has 1 aliphatic heterocycles. The maximum Gasteiger partial charge on any atom is 0.183 e. The predicted octanol–water partition coefficient (Wildman–Crippen LogP) is 1.82. The molecule has 0 aromatic carbocycles. The number of nitrogens with zero attached hydrogens (tertiary/aromatic N) is 1. The number of hydrogen-bond acceptors (Lipinski definition) is 1. The first kappa shape index (κ1) is 7.06. The lowest BCUT2D eigenvalue weighted by atomic mass is 10.1. The van der Waals surface area contributed by atoms with Crippen LogP contribution in [0.25, 0.3) is 0 Å². The van der Waals surface area contributed by atoms with Crippen molar-refractivity contribution in [2.45, 2.75) is 20.3 Å². The second kappa shape index (κ2) is 2.69. The third-order valence-electron chi connectivity index (χ3n) is 1.67. The van der Waals surface area contributed by atoms with Gasteiger partial charge in [0, 0.05) is 5.57 Å².